The first-order valence-corrected chi connectivity index (χ1v) is 4.44. The fourth-order valence-corrected chi connectivity index (χ4v) is 1.02. The zero-order chi connectivity index (χ0) is 12.3. The Balaban J connectivity index is 0.00000256. The molecule has 17 heavy (non-hydrogen) atoms. The Morgan fingerprint density at radius 3 is 2.12 bits per heavy atom. The second-order valence-electron chi connectivity index (χ2n) is 2.88. The van der Waals surface area contributed by atoms with E-state index in [-0.39, 0.29) is 41.2 Å². The Morgan fingerprint density at radius 2 is 1.71 bits per heavy atom. The maximum atomic E-state index is 11.8. The van der Waals surface area contributed by atoms with Gasteiger partial charge in [-0.25, -0.2) is 0 Å². The smallest absolute Gasteiger partial charge is 0.454 e. The molecule has 1 aromatic carbocycles. The minimum atomic E-state index is -5.03. The molecule has 0 saturated heterocycles. The van der Waals surface area contributed by atoms with E-state index >= 15 is 0 Å². The van der Waals surface area contributed by atoms with Crippen molar-refractivity contribution in [2.45, 2.75) is 6.18 Å². The summed E-state index contributed by atoms with van der Waals surface area (Å²) in [6, 6.07) is 5.18. The normalized spacial score (nSPS) is 11.9. The predicted octanol–water partition coefficient (Wildman–Crippen LogP) is 1.79. The number of carbonyl (C=O) groups excluding carboxylic acids is 1. The van der Waals surface area contributed by atoms with E-state index in [1.54, 1.807) is 0 Å². The average molecular weight is 273 g/mol. The molecular weight excluding hydrogens is 268 g/mol. The first-order valence-electron chi connectivity index (χ1n) is 4.06. The van der Waals surface area contributed by atoms with E-state index in [2.05, 4.69) is 0 Å². The van der Waals surface area contributed by atoms with E-state index in [0.29, 0.717) is 5.02 Å². The van der Waals surface area contributed by atoms with Gasteiger partial charge in [0.1, 0.15) is 0 Å². The van der Waals surface area contributed by atoms with Crippen LogP contribution < -0.4 is 5.11 Å². The molecule has 0 N–H and O–H groups in total. The molecular formula is C10H5ClF3NaO2-. The van der Waals surface area contributed by atoms with Gasteiger partial charge in [-0.3, -0.25) is 4.79 Å². The van der Waals surface area contributed by atoms with Gasteiger partial charge in [-0.2, -0.15) is 13.2 Å². The number of allylic oxidation sites excluding steroid dienone is 1. The van der Waals surface area contributed by atoms with Crippen molar-refractivity contribution in [1.82, 2.24) is 0 Å². The van der Waals surface area contributed by atoms with E-state index in [4.69, 9.17) is 11.6 Å². The molecule has 0 aromatic heterocycles. The van der Waals surface area contributed by atoms with Gasteiger partial charge in [-0.05, 0) is 23.8 Å². The molecule has 0 heterocycles. The fourth-order valence-electron chi connectivity index (χ4n) is 0.898. The van der Waals surface area contributed by atoms with Crippen molar-refractivity contribution in [2.75, 3.05) is 0 Å². The van der Waals surface area contributed by atoms with Gasteiger partial charge in [-0.15, -0.1) is 0 Å². The van der Waals surface area contributed by atoms with Gasteiger partial charge < -0.3 is 5.11 Å². The van der Waals surface area contributed by atoms with E-state index in [9.17, 15) is 23.1 Å². The monoisotopic (exact) mass is 272 g/mol. The van der Waals surface area contributed by atoms with Crippen LogP contribution in [0.4, 0.5) is 13.2 Å². The molecule has 87 valence electrons. The van der Waals surface area contributed by atoms with Crippen molar-refractivity contribution < 1.29 is 23.1 Å². The topological polar surface area (TPSA) is 40.1 Å². The minimum absolute atomic E-state index is 0. The Hall–Kier alpha value is -0.490. The number of halogens is 4. The molecule has 1 radical (unpaired) electrons. The summed E-state index contributed by atoms with van der Waals surface area (Å²) in [5, 5.41) is 11.5. The molecule has 0 spiro atoms. The second kappa shape index (κ2) is 6.44. The number of hydrogen-bond acceptors (Lipinski definition) is 2. The number of rotatable bonds is 2. The van der Waals surface area contributed by atoms with Crippen LogP contribution in [0.3, 0.4) is 0 Å². The Morgan fingerprint density at radius 1 is 1.24 bits per heavy atom. The van der Waals surface area contributed by atoms with E-state index in [1.165, 1.54) is 24.3 Å². The molecule has 0 unspecified atom stereocenters. The average Bonchev–Trinajstić information content (AvgIpc) is 2.17. The van der Waals surface area contributed by atoms with Gasteiger partial charge >= 0.3 is 6.18 Å². The van der Waals surface area contributed by atoms with Gasteiger partial charge in [0.05, 0.1) is 0 Å². The number of benzene rings is 1. The molecule has 0 saturated carbocycles. The summed E-state index contributed by atoms with van der Waals surface area (Å²) in [5.74, 6) is -3.17. The van der Waals surface area contributed by atoms with E-state index < -0.39 is 17.7 Å². The zero-order valence-corrected chi connectivity index (χ0v) is 11.5. The Bertz CT molecular complexity index is 426. The first kappa shape index (κ1) is 16.5. The van der Waals surface area contributed by atoms with Crippen LogP contribution in [0, 0.1) is 0 Å². The number of alkyl halides is 3. The molecule has 0 aliphatic heterocycles. The molecule has 0 bridgehead atoms. The number of carbonyl (C=O) groups is 1. The van der Waals surface area contributed by atoms with Gasteiger partial charge in [-0.1, -0.05) is 29.5 Å². The van der Waals surface area contributed by atoms with Crippen molar-refractivity contribution >= 4 is 52.7 Å². The van der Waals surface area contributed by atoms with Crippen LogP contribution in [0.2, 0.25) is 5.02 Å². The van der Waals surface area contributed by atoms with E-state index in [0.717, 1.165) is 0 Å². The minimum Gasteiger partial charge on any atom is -0.872 e. The number of ketones is 1. The maximum Gasteiger partial charge on any atom is 0.454 e. The largest absolute Gasteiger partial charge is 0.872 e. The van der Waals surface area contributed by atoms with Gasteiger partial charge in [0.2, 0.25) is 0 Å². The Kier molecular flexibility index (Phi) is 6.26. The molecule has 1 aromatic rings. The molecule has 0 aliphatic rings. The van der Waals surface area contributed by atoms with Crippen LogP contribution in [-0.4, -0.2) is 41.5 Å². The summed E-state index contributed by atoms with van der Waals surface area (Å²) in [6.07, 6.45) is -5.01. The molecule has 0 amide bonds. The molecule has 0 atom stereocenters. The van der Waals surface area contributed by atoms with Gasteiger partial charge in [0.25, 0.3) is 5.78 Å². The van der Waals surface area contributed by atoms with Crippen molar-refractivity contribution in [3.63, 3.8) is 0 Å². The summed E-state index contributed by atoms with van der Waals surface area (Å²) in [4.78, 5) is 10.5. The quantitative estimate of drug-likeness (QED) is 0.468. The van der Waals surface area contributed by atoms with Crippen LogP contribution in [0.1, 0.15) is 5.56 Å². The molecule has 0 fully saturated rings. The SMILES string of the molecule is O=C(/C=C(\[O-])c1ccc(Cl)cc1)C(F)(F)F.[Na]. The van der Waals surface area contributed by atoms with Crippen molar-refractivity contribution in [3.8, 4) is 0 Å². The third-order valence-corrected chi connectivity index (χ3v) is 1.92. The third kappa shape index (κ3) is 5.12. The fraction of sp³-hybridized carbons (Fsp3) is 0.100. The molecule has 1 rings (SSSR count). The second-order valence-corrected chi connectivity index (χ2v) is 3.31. The standard InChI is InChI=1S/C10H6ClF3O2.Na/c11-7-3-1-6(2-4-7)8(15)5-9(16)10(12,13)14;/h1-5,15H;/p-1/b8-5-;. The number of hydrogen-bond donors (Lipinski definition) is 0. The Labute approximate surface area is 122 Å². The van der Waals surface area contributed by atoms with Crippen LogP contribution in [0.25, 0.3) is 5.76 Å². The summed E-state index contributed by atoms with van der Waals surface area (Å²) in [7, 11) is 0. The summed E-state index contributed by atoms with van der Waals surface area (Å²) >= 11 is 5.53. The molecule has 0 aliphatic carbocycles. The zero-order valence-electron chi connectivity index (χ0n) is 8.72. The van der Waals surface area contributed by atoms with Crippen LogP contribution >= 0.6 is 11.6 Å². The summed E-state index contributed by atoms with van der Waals surface area (Å²) in [5.41, 5.74) is -0.0259. The molecule has 2 nitrogen and oxygen atoms in total. The summed E-state index contributed by atoms with van der Waals surface area (Å²) in [6.45, 7) is 0. The van der Waals surface area contributed by atoms with Gasteiger partial charge in [0.15, 0.2) is 0 Å². The maximum absolute atomic E-state index is 11.8. The molecule has 7 heteroatoms. The summed E-state index contributed by atoms with van der Waals surface area (Å²) < 4.78 is 35.5. The van der Waals surface area contributed by atoms with Crippen LogP contribution in [-0.2, 0) is 4.79 Å². The van der Waals surface area contributed by atoms with Gasteiger partial charge in [0, 0.05) is 34.6 Å². The predicted molar refractivity (Wildman–Crippen MR) is 56.2 cm³/mol. The van der Waals surface area contributed by atoms with E-state index in [1.807, 2.05) is 0 Å². The van der Waals surface area contributed by atoms with Crippen molar-refractivity contribution in [1.29, 1.82) is 0 Å². The first-order chi connectivity index (χ1) is 7.30. The third-order valence-electron chi connectivity index (χ3n) is 1.67. The van der Waals surface area contributed by atoms with Crippen molar-refractivity contribution in [2.24, 2.45) is 0 Å². The van der Waals surface area contributed by atoms with Crippen LogP contribution in [0.5, 0.6) is 0 Å². The van der Waals surface area contributed by atoms with Crippen LogP contribution in [0.15, 0.2) is 30.3 Å². The van der Waals surface area contributed by atoms with Crippen molar-refractivity contribution in [3.05, 3.63) is 40.9 Å².